The van der Waals surface area contributed by atoms with Crippen LogP contribution in [0.3, 0.4) is 0 Å². The minimum Gasteiger partial charge on any atom is -0.497 e. The van der Waals surface area contributed by atoms with E-state index in [1.165, 1.54) is 0 Å². The van der Waals surface area contributed by atoms with Gasteiger partial charge in [0.05, 0.1) is 26.0 Å². The van der Waals surface area contributed by atoms with E-state index in [-0.39, 0.29) is 5.91 Å². The Morgan fingerprint density at radius 1 is 1.16 bits per heavy atom. The number of hydrogen-bond acceptors (Lipinski definition) is 6. The Bertz CT molecular complexity index is 966. The molecule has 0 aromatic heterocycles. The smallest absolute Gasteiger partial charge is 0.251 e. The lowest BCUT2D eigenvalue weighted by atomic mass is 10.0. The van der Waals surface area contributed by atoms with Crippen LogP contribution >= 0.6 is 0 Å². The van der Waals surface area contributed by atoms with Crippen LogP contribution < -0.4 is 10.1 Å². The molecule has 0 atom stereocenters. The van der Waals surface area contributed by atoms with E-state index in [0.717, 1.165) is 67.8 Å². The maximum atomic E-state index is 12.7. The summed E-state index contributed by atoms with van der Waals surface area (Å²) >= 11 is 0. The van der Waals surface area contributed by atoms with Crippen LogP contribution in [0.2, 0.25) is 0 Å². The quantitative estimate of drug-likeness (QED) is 0.723. The number of ether oxygens (including phenoxy) is 2. The maximum Gasteiger partial charge on any atom is 0.251 e. The standard InChI is InChI=1S/C25H32N4O3/c1-18(2)29-17-21-5-4-20(25(30)26-10-11-28-12-14-32-15-13-28)16-23(21)27-24(29)19-6-8-22(31-3)9-7-19/h4-9,16,18H,10-15,17H2,1-3H3,(H,26,30). The van der Waals surface area contributed by atoms with E-state index < -0.39 is 0 Å². The van der Waals surface area contributed by atoms with Crippen molar-refractivity contribution in [3.8, 4) is 5.75 Å². The molecule has 2 heterocycles. The van der Waals surface area contributed by atoms with Gasteiger partial charge in [-0.25, -0.2) is 4.99 Å². The number of amides is 1. The van der Waals surface area contributed by atoms with Crippen LogP contribution in [0.4, 0.5) is 5.69 Å². The van der Waals surface area contributed by atoms with Gasteiger partial charge in [0.15, 0.2) is 0 Å². The van der Waals surface area contributed by atoms with E-state index >= 15 is 0 Å². The van der Waals surface area contributed by atoms with Crippen LogP contribution in [0.5, 0.6) is 5.75 Å². The lowest BCUT2D eigenvalue weighted by Gasteiger charge is -2.34. The summed E-state index contributed by atoms with van der Waals surface area (Å²) in [6, 6.07) is 14.1. The molecule has 1 fully saturated rings. The van der Waals surface area contributed by atoms with Crippen LogP contribution in [-0.2, 0) is 11.3 Å². The predicted molar refractivity (Wildman–Crippen MR) is 126 cm³/mol. The zero-order chi connectivity index (χ0) is 22.5. The van der Waals surface area contributed by atoms with Crippen molar-refractivity contribution >= 4 is 17.4 Å². The molecule has 0 bridgehead atoms. The van der Waals surface area contributed by atoms with Gasteiger partial charge in [-0.1, -0.05) is 6.07 Å². The van der Waals surface area contributed by atoms with E-state index in [2.05, 4.69) is 29.0 Å². The number of aliphatic imine (C=N–C) groups is 1. The van der Waals surface area contributed by atoms with Gasteiger partial charge in [0, 0.05) is 49.9 Å². The fourth-order valence-corrected chi connectivity index (χ4v) is 4.03. The first-order valence-electron chi connectivity index (χ1n) is 11.3. The Morgan fingerprint density at radius 2 is 1.91 bits per heavy atom. The number of benzene rings is 2. The van der Waals surface area contributed by atoms with Crippen molar-refractivity contribution in [1.82, 2.24) is 15.1 Å². The van der Waals surface area contributed by atoms with Gasteiger partial charge >= 0.3 is 0 Å². The van der Waals surface area contributed by atoms with Crippen molar-refractivity contribution in [2.75, 3.05) is 46.5 Å². The Hall–Kier alpha value is -2.90. The molecule has 2 aromatic rings. The SMILES string of the molecule is COc1ccc(C2=Nc3cc(C(=O)NCCN4CCOCC4)ccc3CN2C(C)C)cc1. The van der Waals surface area contributed by atoms with Gasteiger partial charge < -0.3 is 19.7 Å². The first-order chi connectivity index (χ1) is 15.5. The Balaban J connectivity index is 1.50. The molecule has 7 heteroatoms. The Labute approximate surface area is 190 Å². The van der Waals surface area contributed by atoms with Crippen molar-refractivity contribution in [1.29, 1.82) is 0 Å². The molecule has 2 aliphatic heterocycles. The summed E-state index contributed by atoms with van der Waals surface area (Å²) in [6.07, 6.45) is 0. The molecule has 0 unspecified atom stereocenters. The van der Waals surface area contributed by atoms with Crippen molar-refractivity contribution in [2.24, 2.45) is 4.99 Å². The van der Waals surface area contributed by atoms with Crippen LogP contribution in [-0.4, -0.2) is 74.1 Å². The lowest BCUT2D eigenvalue weighted by Crippen LogP contribution is -2.41. The van der Waals surface area contributed by atoms with E-state index in [0.29, 0.717) is 18.2 Å². The highest BCUT2D eigenvalue weighted by atomic mass is 16.5. The highest BCUT2D eigenvalue weighted by molar-refractivity contribution is 6.02. The number of nitrogens with one attached hydrogen (secondary N) is 1. The lowest BCUT2D eigenvalue weighted by molar-refractivity contribution is 0.0383. The molecule has 170 valence electrons. The molecule has 0 saturated carbocycles. The maximum absolute atomic E-state index is 12.7. The fourth-order valence-electron chi connectivity index (χ4n) is 4.03. The molecule has 1 amide bonds. The molecular formula is C25H32N4O3. The zero-order valence-electron chi connectivity index (χ0n) is 19.1. The minimum atomic E-state index is -0.0615. The summed E-state index contributed by atoms with van der Waals surface area (Å²) in [5.41, 5.74) is 3.65. The topological polar surface area (TPSA) is 66.4 Å². The van der Waals surface area contributed by atoms with Gasteiger partial charge in [0.2, 0.25) is 0 Å². The first kappa shape index (κ1) is 22.3. The van der Waals surface area contributed by atoms with Gasteiger partial charge in [0.25, 0.3) is 5.91 Å². The zero-order valence-corrected chi connectivity index (χ0v) is 19.1. The third-order valence-electron chi connectivity index (χ3n) is 5.98. The van der Waals surface area contributed by atoms with Crippen molar-refractivity contribution < 1.29 is 14.3 Å². The number of carbonyl (C=O) groups excluding carboxylic acids is 1. The molecule has 0 radical (unpaired) electrons. The van der Waals surface area contributed by atoms with Crippen molar-refractivity contribution in [3.63, 3.8) is 0 Å². The third kappa shape index (κ3) is 5.11. The van der Waals surface area contributed by atoms with Crippen molar-refractivity contribution in [3.05, 3.63) is 59.2 Å². The number of rotatable bonds is 7. The summed E-state index contributed by atoms with van der Waals surface area (Å²) in [7, 11) is 1.66. The van der Waals surface area contributed by atoms with Gasteiger partial charge in [-0.15, -0.1) is 0 Å². The number of nitrogens with zero attached hydrogens (tertiary/aromatic N) is 3. The number of methoxy groups -OCH3 is 1. The fraction of sp³-hybridized carbons (Fsp3) is 0.440. The largest absolute Gasteiger partial charge is 0.497 e. The highest BCUT2D eigenvalue weighted by Crippen LogP contribution is 2.31. The number of amidine groups is 1. The highest BCUT2D eigenvalue weighted by Gasteiger charge is 2.24. The molecule has 2 aliphatic rings. The second-order valence-corrected chi connectivity index (χ2v) is 8.44. The second kappa shape index (κ2) is 10.1. The summed E-state index contributed by atoms with van der Waals surface area (Å²) in [4.78, 5) is 22.3. The van der Waals surface area contributed by atoms with E-state index in [1.807, 2.05) is 42.5 Å². The van der Waals surface area contributed by atoms with Gasteiger partial charge in [-0.3, -0.25) is 9.69 Å². The molecule has 1 N–H and O–H groups in total. The normalized spacial score (nSPS) is 16.5. The molecule has 32 heavy (non-hydrogen) atoms. The van der Waals surface area contributed by atoms with E-state index in [4.69, 9.17) is 14.5 Å². The average Bonchev–Trinajstić information content (AvgIpc) is 2.83. The van der Waals surface area contributed by atoms with Crippen LogP contribution in [0.1, 0.15) is 35.3 Å². The summed E-state index contributed by atoms with van der Waals surface area (Å²) in [5.74, 6) is 1.67. The molecule has 2 aromatic carbocycles. The van der Waals surface area contributed by atoms with Crippen LogP contribution in [0.25, 0.3) is 0 Å². The number of carbonyl (C=O) groups is 1. The van der Waals surface area contributed by atoms with Gasteiger partial charge in [-0.2, -0.15) is 0 Å². The molecular weight excluding hydrogens is 404 g/mol. The van der Waals surface area contributed by atoms with E-state index in [1.54, 1.807) is 7.11 Å². The third-order valence-corrected chi connectivity index (χ3v) is 5.98. The summed E-state index contributed by atoms with van der Waals surface area (Å²) in [5, 5.41) is 3.04. The Kier molecular flexibility index (Phi) is 7.07. The predicted octanol–water partition coefficient (Wildman–Crippen LogP) is 3.06. The van der Waals surface area contributed by atoms with E-state index in [9.17, 15) is 4.79 Å². The Morgan fingerprint density at radius 3 is 2.59 bits per heavy atom. The number of hydrogen-bond donors (Lipinski definition) is 1. The molecule has 7 nitrogen and oxygen atoms in total. The monoisotopic (exact) mass is 436 g/mol. The van der Waals surface area contributed by atoms with Gasteiger partial charge in [-0.05, 0) is 55.8 Å². The average molecular weight is 437 g/mol. The number of fused-ring (bicyclic) bond motifs is 1. The minimum absolute atomic E-state index is 0.0615. The van der Waals surface area contributed by atoms with Crippen LogP contribution in [0, 0.1) is 0 Å². The molecule has 1 saturated heterocycles. The molecule has 0 spiro atoms. The molecule has 4 rings (SSSR count). The van der Waals surface area contributed by atoms with Crippen LogP contribution in [0.15, 0.2) is 47.5 Å². The second-order valence-electron chi connectivity index (χ2n) is 8.44. The van der Waals surface area contributed by atoms with Gasteiger partial charge in [0.1, 0.15) is 11.6 Å². The summed E-state index contributed by atoms with van der Waals surface area (Å²) < 4.78 is 10.7. The summed E-state index contributed by atoms with van der Waals surface area (Å²) in [6.45, 7) is 9.92. The van der Waals surface area contributed by atoms with Crippen molar-refractivity contribution in [2.45, 2.75) is 26.4 Å². The first-order valence-corrected chi connectivity index (χ1v) is 11.3. The number of morpholine rings is 1. The molecule has 0 aliphatic carbocycles.